The molecule has 1 atom stereocenters. The van der Waals surface area contributed by atoms with Gasteiger partial charge in [0.25, 0.3) is 0 Å². The summed E-state index contributed by atoms with van der Waals surface area (Å²) in [6.07, 6.45) is 3.52. The lowest BCUT2D eigenvalue weighted by atomic mass is 10.2. The van der Waals surface area contributed by atoms with Gasteiger partial charge in [-0.1, -0.05) is 30.3 Å². The first-order valence-electron chi connectivity index (χ1n) is 7.05. The van der Waals surface area contributed by atoms with E-state index in [2.05, 4.69) is 22.3 Å². The Bertz CT molecular complexity index is 498. The minimum atomic E-state index is 0.352. The Kier molecular flexibility index (Phi) is 4.35. The molecule has 1 saturated heterocycles. The van der Waals surface area contributed by atoms with Crippen LogP contribution in [0.3, 0.4) is 0 Å². The van der Waals surface area contributed by atoms with E-state index in [1.807, 2.05) is 24.3 Å². The van der Waals surface area contributed by atoms with Crippen molar-refractivity contribution in [3.8, 4) is 0 Å². The Hall–Kier alpha value is -1.78. The largest absolute Gasteiger partial charge is 0.470 e. The standard InChI is InChI=1S/C16H20N2O2/c1-2-4-14(5-3-1)11-20-13-16-10-17-7-8-18(16)15-6-9-19-12-15/h1-6,9,12,16-17H,7-8,10-11,13H2. The van der Waals surface area contributed by atoms with Crippen LogP contribution in [0.1, 0.15) is 5.56 Å². The van der Waals surface area contributed by atoms with Crippen molar-refractivity contribution in [1.29, 1.82) is 0 Å². The van der Waals surface area contributed by atoms with Gasteiger partial charge >= 0.3 is 0 Å². The zero-order valence-corrected chi connectivity index (χ0v) is 11.5. The van der Waals surface area contributed by atoms with Crippen LogP contribution in [-0.2, 0) is 11.3 Å². The van der Waals surface area contributed by atoms with Gasteiger partial charge in [0.2, 0.25) is 0 Å². The molecule has 4 heteroatoms. The van der Waals surface area contributed by atoms with E-state index >= 15 is 0 Å². The summed E-state index contributed by atoms with van der Waals surface area (Å²) in [6, 6.07) is 12.6. The van der Waals surface area contributed by atoms with Crippen LogP contribution in [-0.4, -0.2) is 32.3 Å². The van der Waals surface area contributed by atoms with Crippen molar-refractivity contribution in [1.82, 2.24) is 5.32 Å². The number of nitrogens with zero attached hydrogens (tertiary/aromatic N) is 1. The Morgan fingerprint density at radius 1 is 1.25 bits per heavy atom. The highest BCUT2D eigenvalue weighted by Crippen LogP contribution is 2.19. The fraction of sp³-hybridized carbons (Fsp3) is 0.375. The van der Waals surface area contributed by atoms with Crippen LogP contribution in [0.2, 0.25) is 0 Å². The number of piperazine rings is 1. The molecule has 0 radical (unpaired) electrons. The second-order valence-electron chi connectivity index (χ2n) is 5.03. The Morgan fingerprint density at radius 3 is 2.95 bits per heavy atom. The summed E-state index contributed by atoms with van der Waals surface area (Å²) in [6.45, 7) is 4.31. The van der Waals surface area contributed by atoms with E-state index in [0.29, 0.717) is 19.3 Å². The van der Waals surface area contributed by atoms with Gasteiger partial charge in [0.15, 0.2) is 0 Å². The Labute approximate surface area is 119 Å². The van der Waals surface area contributed by atoms with Crippen molar-refractivity contribution in [2.75, 3.05) is 31.1 Å². The number of hydrogen-bond donors (Lipinski definition) is 1. The monoisotopic (exact) mass is 272 g/mol. The van der Waals surface area contributed by atoms with Crippen LogP contribution in [0.5, 0.6) is 0 Å². The van der Waals surface area contributed by atoms with Crippen LogP contribution in [0.15, 0.2) is 53.3 Å². The number of ether oxygens (including phenoxy) is 1. The number of hydrogen-bond acceptors (Lipinski definition) is 4. The van der Waals surface area contributed by atoms with Crippen molar-refractivity contribution >= 4 is 5.69 Å². The normalized spacial score (nSPS) is 19.2. The predicted octanol–water partition coefficient (Wildman–Crippen LogP) is 2.27. The first-order valence-corrected chi connectivity index (χ1v) is 7.05. The highest BCUT2D eigenvalue weighted by molar-refractivity contribution is 5.45. The zero-order valence-electron chi connectivity index (χ0n) is 11.5. The maximum atomic E-state index is 5.88. The third-order valence-electron chi connectivity index (χ3n) is 3.61. The van der Waals surface area contributed by atoms with E-state index in [1.54, 1.807) is 12.5 Å². The van der Waals surface area contributed by atoms with E-state index in [0.717, 1.165) is 25.3 Å². The van der Waals surface area contributed by atoms with Crippen molar-refractivity contribution < 1.29 is 9.15 Å². The molecule has 1 aliphatic heterocycles. The summed E-state index contributed by atoms with van der Waals surface area (Å²) in [5.41, 5.74) is 2.35. The highest BCUT2D eigenvalue weighted by Gasteiger charge is 2.23. The molecule has 2 aromatic rings. The first kappa shape index (κ1) is 13.2. The van der Waals surface area contributed by atoms with Gasteiger partial charge in [0.05, 0.1) is 31.2 Å². The van der Waals surface area contributed by atoms with Crippen LogP contribution >= 0.6 is 0 Å². The maximum Gasteiger partial charge on any atom is 0.114 e. The van der Waals surface area contributed by atoms with Gasteiger partial charge in [0.1, 0.15) is 6.26 Å². The van der Waals surface area contributed by atoms with Crippen LogP contribution < -0.4 is 10.2 Å². The second-order valence-corrected chi connectivity index (χ2v) is 5.03. The van der Waals surface area contributed by atoms with Gasteiger partial charge in [0, 0.05) is 19.6 Å². The summed E-state index contributed by atoms with van der Waals surface area (Å²) >= 11 is 0. The third kappa shape index (κ3) is 3.21. The van der Waals surface area contributed by atoms with Crippen molar-refractivity contribution in [3.05, 3.63) is 54.5 Å². The second kappa shape index (κ2) is 6.59. The smallest absolute Gasteiger partial charge is 0.114 e. The molecule has 1 unspecified atom stereocenters. The number of anilines is 1. The number of furan rings is 1. The van der Waals surface area contributed by atoms with Gasteiger partial charge in [-0.3, -0.25) is 0 Å². The lowest BCUT2D eigenvalue weighted by Crippen LogP contribution is -2.53. The molecule has 0 aliphatic carbocycles. The number of nitrogens with one attached hydrogen (secondary N) is 1. The minimum Gasteiger partial charge on any atom is -0.470 e. The van der Waals surface area contributed by atoms with Gasteiger partial charge in [-0.2, -0.15) is 0 Å². The summed E-state index contributed by atoms with van der Waals surface area (Å²) in [5, 5.41) is 3.42. The summed E-state index contributed by atoms with van der Waals surface area (Å²) in [5.74, 6) is 0. The van der Waals surface area contributed by atoms with Crippen molar-refractivity contribution in [2.45, 2.75) is 12.6 Å². The van der Waals surface area contributed by atoms with E-state index in [1.165, 1.54) is 5.56 Å². The van der Waals surface area contributed by atoms with Gasteiger partial charge < -0.3 is 19.4 Å². The lowest BCUT2D eigenvalue weighted by molar-refractivity contribution is 0.102. The zero-order chi connectivity index (χ0) is 13.6. The molecular formula is C16H20N2O2. The molecule has 3 rings (SSSR count). The fourth-order valence-electron chi connectivity index (χ4n) is 2.56. The maximum absolute atomic E-state index is 5.88. The fourth-order valence-corrected chi connectivity index (χ4v) is 2.56. The molecule has 1 aliphatic rings. The molecule has 1 fully saturated rings. The van der Waals surface area contributed by atoms with E-state index in [9.17, 15) is 0 Å². The molecular weight excluding hydrogens is 252 g/mol. The van der Waals surface area contributed by atoms with Crippen LogP contribution in [0.25, 0.3) is 0 Å². The minimum absolute atomic E-state index is 0.352. The van der Waals surface area contributed by atoms with Crippen LogP contribution in [0.4, 0.5) is 5.69 Å². The molecule has 0 spiro atoms. The van der Waals surface area contributed by atoms with Gasteiger partial charge in [-0.15, -0.1) is 0 Å². The molecule has 0 saturated carbocycles. The molecule has 0 bridgehead atoms. The van der Waals surface area contributed by atoms with E-state index in [4.69, 9.17) is 9.15 Å². The summed E-state index contributed by atoms with van der Waals surface area (Å²) < 4.78 is 11.1. The van der Waals surface area contributed by atoms with Gasteiger partial charge in [-0.25, -0.2) is 0 Å². The highest BCUT2D eigenvalue weighted by atomic mass is 16.5. The average molecular weight is 272 g/mol. The summed E-state index contributed by atoms with van der Waals surface area (Å²) in [7, 11) is 0. The predicted molar refractivity (Wildman–Crippen MR) is 78.8 cm³/mol. The van der Waals surface area contributed by atoms with E-state index in [-0.39, 0.29) is 0 Å². The Morgan fingerprint density at radius 2 is 2.15 bits per heavy atom. The molecule has 2 heterocycles. The molecule has 1 aromatic heterocycles. The quantitative estimate of drug-likeness (QED) is 0.906. The lowest BCUT2D eigenvalue weighted by Gasteiger charge is -2.36. The van der Waals surface area contributed by atoms with Crippen molar-refractivity contribution in [3.63, 3.8) is 0 Å². The number of rotatable bonds is 5. The molecule has 1 aromatic carbocycles. The van der Waals surface area contributed by atoms with Crippen LogP contribution in [0, 0.1) is 0 Å². The number of benzene rings is 1. The SMILES string of the molecule is c1ccc(COCC2CNCCN2c2ccoc2)cc1. The topological polar surface area (TPSA) is 37.6 Å². The third-order valence-corrected chi connectivity index (χ3v) is 3.61. The molecule has 4 nitrogen and oxygen atoms in total. The van der Waals surface area contributed by atoms with E-state index < -0.39 is 0 Å². The average Bonchev–Trinajstić information content (AvgIpc) is 3.03. The van der Waals surface area contributed by atoms with Gasteiger partial charge in [-0.05, 0) is 11.6 Å². The Balaban J connectivity index is 1.55. The molecule has 0 amide bonds. The molecule has 106 valence electrons. The molecule has 20 heavy (non-hydrogen) atoms. The summed E-state index contributed by atoms with van der Waals surface area (Å²) in [4.78, 5) is 2.35. The first-order chi connectivity index (χ1) is 9.93. The molecule has 1 N–H and O–H groups in total. The van der Waals surface area contributed by atoms with Crippen molar-refractivity contribution in [2.24, 2.45) is 0 Å².